The number of esters is 1. The van der Waals surface area contributed by atoms with Gasteiger partial charge in [-0.2, -0.15) is 0 Å². The van der Waals surface area contributed by atoms with Crippen molar-refractivity contribution in [1.82, 2.24) is 4.57 Å². The first kappa shape index (κ1) is 24.0. The molecule has 1 fully saturated rings. The lowest BCUT2D eigenvalue weighted by Gasteiger charge is -2.41. The lowest BCUT2D eigenvalue weighted by atomic mass is 9.94. The monoisotopic (exact) mass is 507 g/mol. The van der Waals surface area contributed by atoms with Gasteiger partial charge in [-0.05, 0) is 35.7 Å². The van der Waals surface area contributed by atoms with E-state index in [9.17, 15) is 9.59 Å². The summed E-state index contributed by atoms with van der Waals surface area (Å²) in [6.45, 7) is 1.59. The van der Waals surface area contributed by atoms with Gasteiger partial charge in [0.25, 0.3) is 0 Å². The lowest BCUT2D eigenvalue weighted by Crippen LogP contribution is -2.52. The van der Waals surface area contributed by atoms with Crippen molar-refractivity contribution in [2.45, 2.75) is 31.5 Å². The molecule has 3 heterocycles. The normalized spacial score (nSPS) is 18.0. The summed E-state index contributed by atoms with van der Waals surface area (Å²) in [7, 11) is 1.95. The van der Waals surface area contributed by atoms with Gasteiger partial charge in [0.2, 0.25) is 12.2 Å². The molecule has 2 aliphatic heterocycles. The minimum Gasteiger partial charge on any atom is -0.458 e. The number of rotatable bonds is 8. The summed E-state index contributed by atoms with van der Waals surface area (Å²) < 4.78 is 9.51. The third kappa shape index (κ3) is 4.14. The molecule has 0 N–H and O–H groups in total. The summed E-state index contributed by atoms with van der Waals surface area (Å²) in [6, 6.07) is 26.3. The van der Waals surface area contributed by atoms with Gasteiger partial charge in [-0.25, -0.2) is 13.9 Å². The van der Waals surface area contributed by atoms with Crippen LogP contribution in [0.5, 0.6) is 0 Å². The lowest BCUT2D eigenvalue weighted by molar-refractivity contribution is -0.671. The number of anilines is 2. The molecule has 6 rings (SSSR count). The molecule has 1 unspecified atom stereocenters. The Kier molecular flexibility index (Phi) is 6.19. The number of hydrogen-bond acceptors (Lipinski definition) is 4. The van der Waals surface area contributed by atoms with Gasteiger partial charge in [0, 0.05) is 19.4 Å². The van der Waals surface area contributed by atoms with E-state index in [1.807, 2.05) is 82.3 Å². The first-order valence-electron chi connectivity index (χ1n) is 13.1. The Morgan fingerprint density at radius 2 is 1.74 bits per heavy atom. The van der Waals surface area contributed by atoms with Crippen LogP contribution in [-0.4, -0.2) is 29.6 Å². The van der Waals surface area contributed by atoms with Crippen LogP contribution in [0.2, 0.25) is 0 Å². The minimum absolute atomic E-state index is 0.0725. The fourth-order valence-corrected chi connectivity index (χ4v) is 5.84. The van der Waals surface area contributed by atoms with Crippen LogP contribution in [0.15, 0.2) is 97.6 Å². The highest BCUT2D eigenvalue weighted by Crippen LogP contribution is 2.56. The molecule has 1 saturated heterocycles. The Balaban J connectivity index is 1.32. The Hall–Kier alpha value is -4.39. The zero-order valence-corrected chi connectivity index (χ0v) is 21.5. The Morgan fingerprint density at radius 3 is 2.47 bits per heavy atom. The number of aryl methyl sites for hydroxylation is 1. The summed E-state index contributed by atoms with van der Waals surface area (Å²) in [5, 5.41) is 0. The van der Waals surface area contributed by atoms with Crippen LogP contribution >= 0.6 is 0 Å². The molecular formula is C31H31N4O3+. The second kappa shape index (κ2) is 9.82. The summed E-state index contributed by atoms with van der Waals surface area (Å²) in [6.07, 6.45) is 7.81. The first-order valence-corrected chi connectivity index (χ1v) is 13.1. The van der Waals surface area contributed by atoms with Gasteiger partial charge in [-0.1, -0.05) is 60.7 Å². The van der Waals surface area contributed by atoms with E-state index in [-0.39, 0.29) is 18.5 Å². The molecule has 3 aromatic carbocycles. The maximum absolute atomic E-state index is 13.4. The second-order valence-corrected chi connectivity index (χ2v) is 9.96. The van der Waals surface area contributed by atoms with E-state index >= 15 is 0 Å². The maximum atomic E-state index is 13.4. The molecule has 0 radical (unpaired) electrons. The third-order valence-electron chi connectivity index (χ3n) is 7.61. The zero-order valence-electron chi connectivity index (χ0n) is 21.5. The molecule has 38 heavy (non-hydrogen) atoms. The number of fused-ring (bicyclic) bond motifs is 3. The number of nitrogens with zero attached hydrogens (tertiary/aromatic N) is 4. The van der Waals surface area contributed by atoms with Crippen molar-refractivity contribution in [3.63, 3.8) is 0 Å². The minimum atomic E-state index is -0.609. The Morgan fingerprint density at radius 1 is 0.974 bits per heavy atom. The highest BCUT2D eigenvalue weighted by atomic mass is 16.5. The van der Waals surface area contributed by atoms with Crippen LogP contribution in [0, 0.1) is 0 Å². The van der Waals surface area contributed by atoms with Gasteiger partial charge in [0.05, 0.1) is 24.0 Å². The van der Waals surface area contributed by atoms with Gasteiger partial charge in [0.1, 0.15) is 31.2 Å². The maximum Gasteiger partial charge on any atom is 0.338 e. The molecule has 1 amide bonds. The van der Waals surface area contributed by atoms with E-state index in [4.69, 9.17) is 4.74 Å². The van der Waals surface area contributed by atoms with Gasteiger partial charge in [0.15, 0.2) is 0 Å². The fourth-order valence-electron chi connectivity index (χ4n) is 5.84. The predicted octanol–water partition coefficient (Wildman–Crippen LogP) is 4.21. The summed E-state index contributed by atoms with van der Waals surface area (Å²) >= 11 is 0. The van der Waals surface area contributed by atoms with Crippen molar-refractivity contribution in [3.8, 4) is 0 Å². The number of imidazole rings is 1. The quantitative estimate of drug-likeness (QED) is 0.265. The number of ether oxygens (including phenoxy) is 1. The van der Waals surface area contributed by atoms with Crippen molar-refractivity contribution in [1.29, 1.82) is 0 Å². The molecule has 4 aromatic rings. The molecule has 1 atom stereocenters. The van der Waals surface area contributed by atoms with Crippen molar-refractivity contribution in [2.24, 2.45) is 7.05 Å². The van der Waals surface area contributed by atoms with Crippen molar-refractivity contribution >= 4 is 23.3 Å². The largest absolute Gasteiger partial charge is 0.458 e. The van der Waals surface area contributed by atoms with E-state index in [2.05, 4.69) is 41.3 Å². The predicted molar refractivity (Wildman–Crippen MR) is 145 cm³/mol. The van der Waals surface area contributed by atoms with Crippen LogP contribution in [0.1, 0.15) is 34.3 Å². The molecule has 0 bridgehead atoms. The Labute approximate surface area is 222 Å². The molecule has 7 heteroatoms. The van der Waals surface area contributed by atoms with E-state index in [1.165, 1.54) is 5.56 Å². The van der Waals surface area contributed by atoms with Gasteiger partial charge in [-0.3, -0.25) is 9.69 Å². The fraction of sp³-hybridized carbons (Fsp3) is 0.258. The van der Waals surface area contributed by atoms with Crippen LogP contribution in [0.25, 0.3) is 0 Å². The van der Waals surface area contributed by atoms with Crippen molar-refractivity contribution in [2.75, 3.05) is 23.0 Å². The molecule has 7 nitrogen and oxygen atoms in total. The molecule has 0 aliphatic carbocycles. The van der Waals surface area contributed by atoms with Gasteiger partial charge < -0.3 is 9.64 Å². The van der Waals surface area contributed by atoms with Crippen LogP contribution < -0.4 is 14.4 Å². The van der Waals surface area contributed by atoms with Crippen molar-refractivity contribution in [3.05, 3.63) is 114 Å². The molecule has 192 valence electrons. The zero-order chi connectivity index (χ0) is 26.1. The molecular weight excluding hydrogens is 476 g/mol. The molecule has 0 spiro atoms. The topological polar surface area (TPSA) is 58.7 Å². The van der Waals surface area contributed by atoms with E-state index in [0.717, 1.165) is 29.9 Å². The number of carbonyl (C=O) groups excluding carboxylic acids is 2. The average Bonchev–Trinajstić information content (AvgIpc) is 3.60. The second-order valence-electron chi connectivity index (χ2n) is 9.96. The van der Waals surface area contributed by atoms with Crippen LogP contribution in [-0.2, 0) is 35.2 Å². The van der Waals surface area contributed by atoms with Gasteiger partial charge in [-0.15, -0.1) is 0 Å². The van der Waals surface area contributed by atoms with Gasteiger partial charge >= 0.3 is 5.97 Å². The van der Waals surface area contributed by atoms with Crippen molar-refractivity contribution < 1.29 is 18.9 Å². The summed E-state index contributed by atoms with van der Waals surface area (Å²) in [5.41, 5.74) is 3.91. The van der Waals surface area contributed by atoms with Crippen LogP contribution in [0.4, 0.5) is 11.4 Å². The smallest absolute Gasteiger partial charge is 0.338 e. The summed E-state index contributed by atoms with van der Waals surface area (Å²) in [4.78, 5) is 30.7. The number of amides is 1. The van der Waals surface area contributed by atoms with E-state index in [1.54, 1.807) is 0 Å². The standard InChI is InChI=1S/C31H31N4O3/c1-32-18-19-33(23-32)20-21-38-30(37)25-12-13-27-28(22-25)35-29(36)14-16-31(35,26-10-6-3-7-11-26)34(27)17-15-24-8-4-2-5-9-24/h2-13,18-19,22-23H,14-17,20-21H2,1H3/q+1. The third-order valence-corrected chi connectivity index (χ3v) is 7.61. The molecule has 1 aromatic heterocycles. The summed E-state index contributed by atoms with van der Waals surface area (Å²) in [5.74, 6) is -0.313. The number of benzene rings is 3. The molecule has 0 saturated carbocycles. The van der Waals surface area contributed by atoms with E-state index < -0.39 is 5.66 Å². The number of aromatic nitrogens is 2. The number of hydrogen-bond donors (Lipinski definition) is 0. The first-order chi connectivity index (χ1) is 18.6. The highest BCUT2D eigenvalue weighted by Gasteiger charge is 2.57. The molecule has 2 aliphatic rings. The highest BCUT2D eigenvalue weighted by molar-refractivity contribution is 6.06. The Bertz CT molecular complexity index is 1470. The SMILES string of the molecule is C[n+]1ccn(CCOC(=O)c2ccc3c(c2)N2C(=O)CCC2(c2ccccc2)N3CCc2ccccc2)c1. The average molecular weight is 508 g/mol. The van der Waals surface area contributed by atoms with E-state index in [0.29, 0.717) is 24.9 Å². The van der Waals surface area contributed by atoms with Crippen LogP contribution in [0.3, 0.4) is 0 Å². The number of carbonyl (C=O) groups is 2.